The summed E-state index contributed by atoms with van der Waals surface area (Å²) in [7, 11) is 3.89. The molecule has 0 spiro atoms. The van der Waals surface area contributed by atoms with Gasteiger partial charge in [0.1, 0.15) is 0 Å². The van der Waals surface area contributed by atoms with Crippen molar-refractivity contribution >= 4 is 28.4 Å². The molecule has 122 valence electrons. The summed E-state index contributed by atoms with van der Waals surface area (Å²) in [5.74, 6) is 0.428. The van der Waals surface area contributed by atoms with Gasteiger partial charge < -0.3 is 4.90 Å². The molecule has 5 nitrogen and oxygen atoms in total. The molecular weight excluding hydrogens is 312 g/mol. The van der Waals surface area contributed by atoms with Gasteiger partial charge in [0.25, 0.3) is 0 Å². The summed E-state index contributed by atoms with van der Waals surface area (Å²) in [6.45, 7) is 2.48. The van der Waals surface area contributed by atoms with Gasteiger partial charge in [-0.1, -0.05) is 17.7 Å². The van der Waals surface area contributed by atoms with E-state index in [2.05, 4.69) is 10.00 Å². The molecule has 3 aliphatic heterocycles. The molecule has 23 heavy (non-hydrogen) atoms. The van der Waals surface area contributed by atoms with E-state index in [1.54, 1.807) is 0 Å². The number of aromatic nitrogens is 2. The predicted octanol–water partition coefficient (Wildman–Crippen LogP) is 2.28. The number of likely N-dealkylation sites (N-methyl/N-ethyl adjacent to an activating group) is 1. The van der Waals surface area contributed by atoms with Gasteiger partial charge in [0.2, 0.25) is 5.91 Å². The van der Waals surface area contributed by atoms with Crippen LogP contribution >= 0.6 is 11.6 Å². The number of amides is 1. The molecule has 3 aliphatic rings. The zero-order chi connectivity index (χ0) is 16.1. The van der Waals surface area contributed by atoms with E-state index in [9.17, 15) is 4.79 Å². The second-order valence-electron chi connectivity index (χ2n) is 6.78. The van der Waals surface area contributed by atoms with Crippen LogP contribution in [0.3, 0.4) is 0 Å². The Morgan fingerprint density at radius 3 is 2.91 bits per heavy atom. The smallest absolute Gasteiger partial charge is 0.227 e. The van der Waals surface area contributed by atoms with Gasteiger partial charge >= 0.3 is 0 Å². The van der Waals surface area contributed by atoms with Gasteiger partial charge in [-0.05, 0) is 25.0 Å². The summed E-state index contributed by atoms with van der Waals surface area (Å²) in [5, 5.41) is 6.46. The van der Waals surface area contributed by atoms with Crippen LogP contribution in [0.15, 0.2) is 18.2 Å². The Kier molecular flexibility index (Phi) is 3.58. The number of halogens is 1. The number of hydrogen-bond donors (Lipinski definition) is 0. The van der Waals surface area contributed by atoms with E-state index in [4.69, 9.17) is 11.6 Å². The minimum Gasteiger partial charge on any atom is -0.341 e. The number of carbonyl (C=O) groups is 1. The standard InChI is InChI=1S/C17H21ClN4O/c1-20-12-7-6-11(17(20)23)8-22(9-12)10-14-16-13(18)4-3-5-15(16)21(2)19-14/h3-5,11-12H,6-10H2,1-2H3/t11-,12+/m1/s1. The van der Waals surface area contributed by atoms with Crippen LogP contribution in [0, 0.1) is 5.92 Å². The van der Waals surface area contributed by atoms with E-state index < -0.39 is 0 Å². The molecule has 0 unspecified atom stereocenters. The van der Waals surface area contributed by atoms with Crippen molar-refractivity contribution in [2.24, 2.45) is 13.0 Å². The number of rotatable bonds is 2. The summed E-state index contributed by atoms with van der Waals surface area (Å²) in [5.41, 5.74) is 2.06. The van der Waals surface area contributed by atoms with Crippen LogP contribution in [0.5, 0.6) is 0 Å². The van der Waals surface area contributed by atoms with Crippen LogP contribution in [-0.4, -0.2) is 51.7 Å². The SMILES string of the molecule is CN1C(=O)[C@@H]2CC[C@H]1CN(Cc1nn(C)c3cccc(Cl)c13)C2. The third kappa shape index (κ3) is 2.42. The molecule has 1 aromatic carbocycles. The van der Waals surface area contributed by atoms with Gasteiger partial charge in [0, 0.05) is 45.2 Å². The Morgan fingerprint density at radius 2 is 2.09 bits per heavy atom. The Hall–Kier alpha value is -1.59. The molecule has 2 atom stereocenters. The van der Waals surface area contributed by atoms with E-state index in [-0.39, 0.29) is 5.92 Å². The predicted molar refractivity (Wildman–Crippen MR) is 90.3 cm³/mol. The van der Waals surface area contributed by atoms with E-state index >= 15 is 0 Å². The van der Waals surface area contributed by atoms with Crippen molar-refractivity contribution in [1.29, 1.82) is 0 Å². The van der Waals surface area contributed by atoms with Crippen LogP contribution in [0.1, 0.15) is 18.5 Å². The normalized spacial score (nSPS) is 25.3. The molecule has 1 amide bonds. The maximum absolute atomic E-state index is 12.3. The van der Waals surface area contributed by atoms with Crippen LogP contribution in [-0.2, 0) is 18.4 Å². The number of fused-ring (bicyclic) bond motifs is 5. The lowest BCUT2D eigenvalue weighted by Crippen LogP contribution is -2.45. The fourth-order valence-corrected chi connectivity index (χ4v) is 4.33. The molecule has 0 N–H and O–H groups in total. The zero-order valence-electron chi connectivity index (χ0n) is 13.5. The van der Waals surface area contributed by atoms with Gasteiger partial charge in [-0.3, -0.25) is 14.4 Å². The van der Waals surface area contributed by atoms with Crippen LogP contribution < -0.4 is 0 Å². The van der Waals surface area contributed by atoms with E-state index in [1.165, 1.54) is 0 Å². The van der Waals surface area contributed by atoms with Crippen molar-refractivity contribution in [2.45, 2.75) is 25.4 Å². The Bertz CT molecular complexity index is 771. The quantitative estimate of drug-likeness (QED) is 0.847. The van der Waals surface area contributed by atoms with Crippen LogP contribution in [0.2, 0.25) is 5.02 Å². The molecule has 0 saturated carbocycles. The highest BCUT2D eigenvalue weighted by molar-refractivity contribution is 6.35. The first-order valence-electron chi connectivity index (χ1n) is 8.13. The summed E-state index contributed by atoms with van der Waals surface area (Å²) < 4.78 is 1.89. The fraction of sp³-hybridized carbons (Fsp3) is 0.529. The monoisotopic (exact) mass is 332 g/mol. The van der Waals surface area contributed by atoms with Gasteiger partial charge in [0.05, 0.1) is 22.2 Å². The van der Waals surface area contributed by atoms with Crippen LogP contribution in [0.4, 0.5) is 0 Å². The minimum absolute atomic E-state index is 0.129. The largest absolute Gasteiger partial charge is 0.341 e. The average molecular weight is 333 g/mol. The highest BCUT2D eigenvalue weighted by atomic mass is 35.5. The fourth-order valence-electron chi connectivity index (χ4n) is 4.05. The molecule has 3 saturated heterocycles. The number of aryl methyl sites for hydroxylation is 1. The molecule has 6 heteroatoms. The lowest BCUT2D eigenvalue weighted by molar-refractivity contribution is -0.138. The number of carbonyl (C=O) groups excluding carboxylic acids is 1. The van der Waals surface area contributed by atoms with Crippen molar-refractivity contribution in [3.8, 4) is 0 Å². The maximum atomic E-state index is 12.3. The molecule has 3 fully saturated rings. The molecular formula is C17H21ClN4O. The Balaban J connectivity index is 1.65. The lowest BCUT2D eigenvalue weighted by atomic mass is 9.95. The third-order valence-electron chi connectivity index (χ3n) is 5.31. The van der Waals surface area contributed by atoms with Crippen molar-refractivity contribution in [2.75, 3.05) is 20.1 Å². The van der Waals surface area contributed by atoms with Gasteiger partial charge in [0.15, 0.2) is 0 Å². The van der Waals surface area contributed by atoms with Gasteiger partial charge in [-0.2, -0.15) is 5.10 Å². The van der Waals surface area contributed by atoms with Crippen molar-refractivity contribution in [1.82, 2.24) is 19.6 Å². The molecule has 1 aromatic heterocycles. The van der Waals surface area contributed by atoms with Crippen LogP contribution in [0.25, 0.3) is 10.9 Å². The number of piperidine rings is 1. The summed E-state index contributed by atoms with van der Waals surface area (Å²) in [6, 6.07) is 6.24. The second-order valence-corrected chi connectivity index (χ2v) is 7.18. The number of benzene rings is 1. The number of hydrogen-bond acceptors (Lipinski definition) is 3. The molecule has 0 radical (unpaired) electrons. The van der Waals surface area contributed by atoms with E-state index in [0.717, 1.165) is 54.1 Å². The van der Waals surface area contributed by atoms with Gasteiger partial charge in [-0.25, -0.2) is 0 Å². The molecule has 4 heterocycles. The van der Waals surface area contributed by atoms with Crippen molar-refractivity contribution in [3.05, 3.63) is 28.9 Å². The highest BCUT2D eigenvalue weighted by Crippen LogP contribution is 2.31. The molecule has 5 rings (SSSR count). The first-order chi connectivity index (χ1) is 11.0. The number of nitrogens with zero attached hydrogens (tertiary/aromatic N) is 4. The Morgan fingerprint density at radius 1 is 1.26 bits per heavy atom. The topological polar surface area (TPSA) is 41.4 Å². The highest BCUT2D eigenvalue weighted by Gasteiger charge is 2.38. The first kappa shape index (κ1) is 15.0. The van der Waals surface area contributed by atoms with E-state index in [0.29, 0.717) is 11.9 Å². The average Bonchev–Trinajstić information content (AvgIpc) is 2.68. The summed E-state index contributed by atoms with van der Waals surface area (Å²) in [6.07, 6.45) is 2.11. The molecule has 2 bridgehead atoms. The third-order valence-corrected chi connectivity index (χ3v) is 5.63. The zero-order valence-corrected chi connectivity index (χ0v) is 14.3. The van der Waals surface area contributed by atoms with Crippen molar-refractivity contribution < 1.29 is 4.79 Å². The molecule has 2 aromatic rings. The minimum atomic E-state index is 0.129. The van der Waals surface area contributed by atoms with Gasteiger partial charge in [-0.15, -0.1) is 0 Å². The summed E-state index contributed by atoms with van der Waals surface area (Å²) in [4.78, 5) is 16.6. The van der Waals surface area contributed by atoms with E-state index in [1.807, 2.05) is 41.9 Å². The Labute approximate surface area is 140 Å². The molecule has 0 aliphatic carbocycles. The maximum Gasteiger partial charge on any atom is 0.227 e. The lowest BCUT2D eigenvalue weighted by Gasteiger charge is -2.32. The summed E-state index contributed by atoms with van der Waals surface area (Å²) >= 11 is 6.41. The second kappa shape index (κ2) is 5.49. The van der Waals surface area contributed by atoms with Crippen molar-refractivity contribution in [3.63, 3.8) is 0 Å². The first-order valence-corrected chi connectivity index (χ1v) is 8.51.